The monoisotopic (exact) mass is 280 g/mol. The number of fused-ring (bicyclic) bond motifs is 1. The van der Waals surface area contributed by atoms with E-state index >= 15 is 0 Å². The molecule has 106 valence electrons. The Hall–Kier alpha value is -2.89. The highest BCUT2D eigenvalue weighted by molar-refractivity contribution is 5.93. The number of hydrogen-bond acceptors (Lipinski definition) is 6. The zero-order valence-corrected chi connectivity index (χ0v) is 11.9. The van der Waals surface area contributed by atoms with Crippen LogP contribution in [0.5, 0.6) is 0 Å². The molecular formula is C15H16N6. The summed E-state index contributed by atoms with van der Waals surface area (Å²) in [5.74, 6) is 1.15. The van der Waals surface area contributed by atoms with Crippen molar-refractivity contribution in [2.24, 2.45) is 0 Å². The van der Waals surface area contributed by atoms with E-state index in [9.17, 15) is 0 Å². The van der Waals surface area contributed by atoms with Crippen LogP contribution < -0.4 is 16.4 Å². The maximum absolute atomic E-state index is 6.05. The fourth-order valence-electron chi connectivity index (χ4n) is 2.17. The minimum absolute atomic E-state index is 0.477. The molecule has 0 atom stereocenters. The number of benzene rings is 1. The largest absolute Gasteiger partial charge is 0.393 e. The number of nitrogen functional groups attached to an aromatic ring is 1. The number of anilines is 4. The fraction of sp³-hybridized carbons (Fsp3) is 0.133. The molecule has 0 unspecified atom stereocenters. The number of hydrogen-bond donors (Lipinski definition) is 3. The second-order valence-corrected chi connectivity index (χ2v) is 4.69. The molecule has 0 fully saturated rings. The molecule has 6 nitrogen and oxygen atoms in total. The van der Waals surface area contributed by atoms with Crippen LogP contribution in [-0.2, 0) is 0 Å². The van der Waals surface area contributed by atoms with Crippen molar-refractivity contribution in [2.75, 3.05) is 23.4 Å². The quantitative estimate of drug-likeness (QED) is 0.683. The van der Waals surface area contributed by atoms with Crippen LogP contribution in [0.15, 0.2) is 36.7 Å². The molecule has 0 aliphatic rings. The van der Waals surface area contributed by atoms with E-state index in [4.69, 9.17) is 5.73 Å². The lowest BCUT2D eigenvalue weighted by Gasteiger charge is -2.12. The smallest absolute Gasteiger partial charge is 0.159 e. The third kappa shape index (κ3) is 2.43. The number of nitrogens with zero attached hydrogens (tertiary/aromatic N) is 3. The third-order valence-corrected chi connectivity index (χ3v) is 3.23. The second-order valence-electron chi connectivity index (χ2n) is 4.69. The Morgan fingerprint density at radius 1 is 1.05 bits per heavy atom. The van der Waals surface area contributed by atoms with Gasteiger partial charge in [0.15, 0.2) is 11.6 Å². The number of nitrogens with one attached hydrogen (secondary N) is 2. The number of aryl methyl sites for hydroxylation is 1. The lowest BCUT2D eigenvalue weighted by atomic mass is 10.1. The van der Waals surface area contributed by atoms with Gasteiger partial charge in [0, 0.05) is 18.1 Å². The van der Waals surface area contributed by atoms with Gasteiger partial charge in [0.1, 0.15) is 12.0 Å². The number of pyridine rings is 1. The lowest BCUT2D eigenvalue weighted by molar-refractivity contribution is 1.16. The van der Waals surface area contributed by atoms with Gasteiger partial charge in [0.2, 0.25) is 0 Å². The molecule has 4 N–H and O–H groups in total. The van der Waals surface area contributed by atoms with Crippen molar-refractivity contribution in [1.82, 2.24) is 15.0 Å². The molecule has 2 aromatic heterocycles. The fourth-order valence-corrected chi connectivity index (χ4v) is 2.17. The third-order valence-electron chi connectivity index (χ3n) is 3.23. The predicted octanol–water partition coefficient (Wildman–Crippen LogP) is 2.70. The first-order valence-corrected chi connectivity index (χ1v) is 6.60. The molecule has 2 heterocycles. The first-order chi connectivity index (χ1) is 10.2. The van der Waals surface area contributed by atoms with E-state index in [2.05, 4.69) is 25.6 Å². The van der Waals surface area contributed by atoms with Gasteiger partial charge in [-0.25, -0.2) is 9.97 Å². The van der Waals surface area contributed by atoms with Gasteiger partial charge in [0.25, 0.3) is 0 Å². The second kappa shape index (κ2) is 5.24. The van der Waals surface area contributed by atoms with E-state index in [-0.39, 0.29) is 0 Å². The Morgan fingerprint density at radius 3 is 2.67 bits per heavy atom. The van der Waals surface area contributed by atoms with Crippen LogP contribution in [0.4, 0.5) is 23.0 Å². The summed E-state index contributed by atoms with van der Waals surface area (Å²) in [5.41, 5.74) is 9.24. The average molecular weight is 280 g/mol. The molecule has 21 heavy (non-hydrogen) atoms. The van der Waals surface area contributed by atoms with Gasteiger partial charge in [-0.1, -0.05) is 18.2 Å². The first kappa shape index (κ1) is 13.1. The summed E-state index contributed by atoms with van der Waals surface area (Å²) < 4.78 is 0. The van der Waals surface area contributed by atoms with E-state index in [1.54, 1.807) is 7.05 Å². The minimum atomic E-state index is 0.477. The van der Waals surface area contributed by atoms with Crippen LogP contribution in [0, 0.1) is 6.92 Å². The number of para-hydroxylation sites is 1. The van der Waals surface area contributed by atoms with Crippen molar-refractivity contribution in [2.45, 2.75) is 6.92 Å². The Bertz CT molecular complexity index is 799. The van der Waals surface area contributed by atoms with Crippen molar-refractivity contribution < 1.29 is 0 Å². The van der Waals surface area contributed by atoms with Crippen molar-refractivity contribution in [3.63, 3.8) is 0 Å². The molecular weight excluding hydrogens is 264 g/mol. The number of aromatic nitrogens is 3. The summed E-state index contributed by atoms with van der Waals surface area (Å²) in [4.78, 5) is 12.9. The van der Waals surface area contributed by atoms with Crippen LogP contribution in [0.25, 0.3) is 10.9 Å². The van der Waals surface area contributed by atoms with E-state index < -0.39 is 0 Å². The zero-order valence-electron chi connectivity index (χ0n) is 11.9. The Kier molecular flexibility index (Phi) is 3.27. The molecule has 0 spiro atoms. The van der Waals surface area contributed by atoms with E-state index in [1.807, 2.05) is 37.3 Å². The highest BCUT2D eigenvalue weighted by atomic mass is 15.1. The molecule has 0 aliphatic heterocycles. The molecule has 0 radical (unpaired) electrons. The van der Waals surface area contributed by atoms with Crippen LogP contribution >= 0.6 is 0 Å². The summed E-state index contributed by atoms with van der Waals surface area (Å²) in [5, 5.41) is 7.24. The van der Waals surface area contributed by atoms with Gasteiger partial charge >= 0.3 is 0 Å². The van der Waals surface area contributed by atoms with E-state index in [0.717, 1.165) is 22.3 Å². The molecule has 0 bridgehead atoms. The highest BCUT2D eigenvalue weighted by Crippen LogP contribution is 2.29. The SMILES string of the molecule is CNc1ncnc(Nc2cccc3ccc(C)nc23)c1N. The van der Waals surface area contributed by atoms with Gasteiger partial charge in [-0.3, -0.25) is 4.98 Å². The Labute approximate surface area is 122 Å². The topological polar surface area (TPSA) is 88.8 Å². The molecule has 6 heteroatoms. The average Bonchev–Trinajstić information content (AvgIpc) is 2.50. The van der Waals surface area contributed by atoms with E-state index in [1.165, 1.54) is 6.33 Å². The van der Waals surface area contributed by atoms with Crippen molar-refractivity contribution in [3.8, 4) is 0 Å². The van der Waals surface area contributed by atoms with Gasteiger partial charge in [-0.05, 0) is 19.1 Å². The molecule has 0 aliphatic carbocycles. The maximum Gasteiger partial charge on any atom is 0.159 e. The number of nitrogens with two attached hydrogens (primary N) is 1. The minimum Gasteiger partial charge on any atom is -0.393 e. The normalized spacial score (nSPS) is 10.6. The molecule has 0 amide bonds. The molecule has 0 saturated carbocycles. The molecule has 3 rings (SSSR count). The predicted molar refractivity (Wildman–Crippen MR) is 85.8 cm³/mol. The van der Waals surface area contributed by atoms with Crippen molar-refractivity contribution in [3.05, 3.63) is 42.4 Å². The zero-order chi connectivity index (χ0) is 14.8. The maximum atomic E-state index is 6.05. The summed E-state index contributed by atoms with van der Waals surface area (Å²) >= 11 is 0. The van der Waals surface area contributed by atoms with Gasteiger partial charge < -0.3 is 16.4 Å². The standard InChI is InChI=1S/C15H16N6/c1-9-6-7-10-4-3-5-11(13(10)20-9)21-15-12(16)14(17-2)18-8-19-15/h3-8H,16H2,1-2H3,(H2,17,18,19,21). The summed E-state index contributed by atoms with van der Waals surface area (Å²) in [6.07, 6.45) is 1.47. The van der Waals surface area contributed by atoms with Gasteiger partial charge in [0.05, 0.1) is 11.2 Å². The van der Waals surface area contributed by atoms with Crippen LogP contribution in [0.2, 0.25) is 0 Å². The van der Waals surface area contributed by atoms with Gasteiger partial charge in [-0.2, -0.15) is 0 Å². The van der Waals surface area contributed by atoms with Crippen LogP contribution in [0.3, 0.4) is 0 Å². The molecule has 3 aromatic rings. The van der Waals surface area contributed by atoms with Crippen molar-refractivity contribution >= 4 is 33.9 Å². The van der Waals surface area contributed by atoms with Crippen LogP contribution in [-0.4, -0.2) is 22.0 Å². The Morgan fingerprint density at radius 2 is 1.86 bits per heavy atom. The summed E-state index contributed by atoms with van der Waals surface area (Å²) in [7, 11) is 1.77. The van der Waals surface area contributed by atoms with E-state index in [0.29, 0.717) is 17.3 Å². The first-order valence-electron chi connectivity index (χ1n) is 6.60. The lowest BCUT2D eigenvalue weighted by Crippen LogP contribution is -2.05. The van der Waals surface area contributed by atoms with Crippen LogP contribution in [0.1, 0.15) is 5.69 Å². The number of rotatable bonds is 3. The summed E-state index contributed by atoms with van der Waals surface area (Å²) in [6.45, 7) is 1.97. The molecule has 1 aromatic carbocycles. The van der Waals surface area contributed by atoms with Gasteiger partial charge in [-0.15, -0.1) is 0 Å². The molecule has 0 saturated heterocycles. The highest BCUT2D eigenvalue weighted by Gasteiger charge is 2.09. The van der Waals surface area contributed by atoms with Crippen molar-refractivity contribution in [1.29, 1.82) is 0 Å². The summed E-state index contributed by atoms with van der Waals surface area (Å²) in [6, 6.07) is 9.98. The Balaban J connectivity index is 2.08.